The molecule has 0 spiro atoms. The van der Waals surface area contributed by atoms with Crippen molar-refractivity contribution in [3.05, 3.63) is 24.3 Å². The summed E-state index contributed by atoms with van der Waals surface area (Å²) in [5.74, 6) is -5.26. The predicted molar refractivity (Wildman–Crippen MR) is 250 cm³/mol. The quantitative estimate of drug-likeness (QED) is 0.0126. The number of ether oxygens (including phenoxy) is 4. The molecular formula is C48H90N2O11P+. The second-order valence-electron chi connectivity index (χ2n) is 16.7. The van der Waals surface area contributed by atoms with Gasteiger partial charge in [-0.1, -0.05) is 147 Å². The number of ketones is 1. The maximum Gasteiger partial charge on any atom is 0.443 e. The molecule has 0 heterocycles. The monoisotopic (exact) mass is 902 g/mol. The Hall–Kier alpha value is -2.25. The third-order valence-electron chi connectivity index (χ3n) is 10.7. The van der Waals surface area contributed by atoms with Gasteiger partial charge in [0.1, 0.15) is 12.6 Å². The van der Waals surface area contributed by atoms with E-state index in [9.17, 15) is 33.9 Å². The molecule has 13 nitrogen and oxygen atoms in total. The van der Waals surface area contributed by atoms with Gasteiger partial charge in [0, 0.05) is 12.8 Å². The lowest BCUT2D eigenvalue weighted by Crippen LogP contribution is -2.38. The van der Waals surface area contributed by atoms with E-state index in [4.69, 9.17) is 30.4 Å². The summed E-state index contributed by atoms with van der Waals surface area (Å²) < 4.78 is 21.3. The second kappa shape index (κ2) is 42.7. The molecule has 1 unspecified atom stereocenters. The highest BCUT2D eigenvalue weighted by Crippen LogP contribution is 2.51. The minimum absolute atomic E-state index is 0.109. The third kappa shape index (κ3) is 38.2. The standard InChI is InChI=1S/C48H90N2O11P/c1-3-5-7-9-11-13-15-17-19-21-23-25-27-29-31-36-45(52)58-39-42(40-60-48(62(55,56)57)44(51)41-59-47(54)43(50)35-33-34-38-49)61-46(53)37-32-30-28-26-24-22-20-18-16-14-12-10-8-6-4-2/h17-20,42-43,48,55-57H,3-16,21-41,49-50H2,1-2H3/q+1/t42-,43+,48?/m1/s1. The van der Waals surface area contributed by atoms with E-state index in [2.05, 4.69) is 38.2 Å². The zero-order valence-corrected chi connectivity index (χ0v) is 39.9. The zero-order valence-electron chi connectivity index (χ0n) is 39.0. The van der Waals surface area contributed by atoms with Crippen LogP contribution in [0.1, 0.15) is 213 Å². The van der Waals surface area contributed by atoms with Crippen molar-refractivity contribution in [3.63, 3.8) is 0 Å². The van der Waals surface area contributed by atoms with Crippen molar-refractivity contribution in [1.29, 1.82) is 0 Å². The van der Waals surface area contributed by atoms with E-state index in [1.54, 1.807) is 0 Å². The molecule has 0 saturated heterocycles. The third-order valence-corrected chi connectivity index (χ3v) is 11.7. The van der Waals surface area contributed by atoms with Crippen LogP contribution in [-0.4, -0.2) is 82.7 Å². The van der Waals surface area contributed by atoms with Gasteiger partial charge >= 0.3 is 31.7 Å². The van der Waals surface area contributed by atoms with Crippen LogP contribution >= 0.6 is 7.94 Å². The molecule has 62 heavy (non-hydrogen) atoms. The van der Waals surface area contributed by atoms with Crippen molar-refractivity contribution in [2.75, 3.05) is 26.4 Å². The van der Waals surface area contributed by atoms with E-state index >= 15 is 0 Å². The summed E-state index contributed by atoms with van der Waals surface area (Å²) in [4.78, 5) is 80.7. The fraction of sp³-hybridized carbons (Fsp3) is 0.833. The number of carbonyl (C=O) groups excluding carboxylic acids is 4. The Bertz CT molecular complexity index is 1160. The SMILES string of the molecule is CCCCCCCCC=CCCCCCCCC(=O)OC[C@H](COC(C(=O)COC(=O)[C@@H](N)CCCCN)[P+](O)(O)O)OC(=O)CCCCCCCC=CCCCCCCCC. The molecule has 0 aliphatic rings. The van der Waals surface area contributed by atoms with Gasteiger partial charge in [-0.15, -0.1) is 0 Å². The van der Waals surface area contributed by atoms with Crippen LogP contribution in [0.3, 0.4) is 0 Å². The Kier molecular flexibility index (Phi) is 41.1. The number of esters is 3. The molecule has 0 aromatic heterocycles. The van der Waals surface area contributed by atoms with Gasteiger partial charge < -0.3 is 30.4 Å². The molecular weight excluding hydrogens is 812 g/mol. The molecule has 0 aliphatic heterocycles. The molecule has 0 rings (SSSR count). The van der Waals surface area contributed by atoms with Crippen molar-refractivity contribution in [2.45, 2.75) is 231 Å². The molecule has 0 aliphatic carbocycles. The van der Waals surface area contributed by atoms with Crippen LogP contribution in [0.4, 0.5) is 0 Å². The fourth-order valence-corrected chi connectivity index (χ4v) is 7.58. The van der Waals surface area contributed by atoms with Crippen LogP contribution in [0.5, 0.6) is 0 Å². The molecule has 0 aromatic carbocycles. The number of Topliss-reactive ketones (excluding diaryl/α,β-unsaturated/α-hetero) is 1. The first-order valence-corrected chi connectivity index (χ1v) is 26.2. The molecule has 3 atom stereocenters. The van der Waals surface area contributed by atoms with Gasteiger partial charge in [0.2, 0.25) is 5.78 Å². The Morgan fingerprint density at radius 3 is 1.44 bits per heavy atom. The smallest absolute Gasteiger partial charge is 0.443 e. The van der Waals surface area contributed by atoms with Gasteiger partial charge in [0.15, 0.2) is 12.7 Å². The maximum atomic E-state index is 12.9. The van der Waals surface area contributed by atoms with E-state index in [-0.39, 0.29) is 19.3 Å². The number of unbranched alkanes of at least 4 members (excludes halogenated alkanes) is 23. The van der Waals surface area contributed by atoms with Crippen LogP contribution in [0, 0.1) is 0 Å². The highest BCUT2D eigenvalue weighted by molar-refractivity contribution is 7.60. The summed E-state index contributed by atoms with van der Waals surface area (Å²) in [5, 5.41) is 0. The van der Waals surface area contributed by atoms with Gasteiger partial charge in [-0.3, -0.25) is 19.2 Å². The average Bonchev–Trinajstić information content (AvgIpc) is 3.24. The van der Waals surface area contributed by atoms with Crippen LogP contribution in [0.25, 0.3) is 0 Å². The Morgan fingerprint density at radius 1 is 0.548 bits per heavy atom. The van der Waals surface area contributed by atoms with Gasteiger partial charge in [-0.2, -0.15) is 14.7 Å². The minimum Gasteiger partial charge on any atom is -0.462 e. The Balaban J connectivity index is 4.89. The van der Waals surface area contributed by atoms with Gasteiger partial charge in [0.05, 0.1) is 6.61 Å². The topological polar surface area (TPSA) is 218 Å². The number of rotatable bonds is 45. The van der Waals surface area contributed by atoms with E-state index in [0.29, 0.717) is 32.2 Å². The number of nitrogens with two attached hydrogens (primary N) is 2. The lowest BCUT2D eigenvalue weighted by molar-refractivity contribution is -0.165. The number of carbonyl (C=O) groups is 4. The average molecular weight is 902 g/mol. The van der Waals surface area contributed by atoms with Crippen LogP contribution < -0.4 is 11.5 Å². The lowest BCUT2D eigenvalue weighted by Gasteiger charge is -2.22. The molecule has 362 valence electrons. The lowest BCUT2D eigenvalue weighted by atomic mass is 10.1. The highest BCUT2D eigenvalue weighted by Gasteiger charge is 2.50. The van der Waals surface area contributed by atoms with Crippen molar-refractivity contribution >= 4 is 31.6 Å². The van der Waals surface area contributed by atoms with Gasteiger partial charge in [-0.05, 0) is 83.6 Å². The molecule has 0 radical (unpaired) electrons. The van der Waals surface area contributed by atoms with Crippen molar-refractivity contribution in [2.24, 2.45) is 11.5 Å². The number of allylic oxidation sites excluding steroid dienone is 4. The largest absolute Gasteiger partial charge is 0.462 e. The summed E-state index contributed by atoms with van der Waals surface area (Å²) in [6.07, 6.45) is 38.9. The van der Waals surface area contributed by atoms with Gasteiger partial charge in [-0.25, -0.2) is 0 Å². The first-order chi connectivity index (χ1) is 30.0. The van der Waals surface area contributed by atoms with Crippen LogP contribution in [0.2, 0.25) is 0 Å². The van der Waals surface area contributed by atoms with Crippen molar-refractivity contribution in [1.82, 2.24) is 0 Å². The summed E-state index contributed by atoms with van der Waals surface area (Å²) in [6.45, 7) is 2.95. The second-order valence-corrected chi connectivity index (χ2v) is 18.4. The minimum atomic E-state index is -4.97. The summed E-state index contributed by atoms with van der Waals surface area (Å²) in [6, 6.07) is -1.02. The normalized spacial score (nSPS) is 13.4. The maximum absolute atomic E-state index is 12.9. The summed E-state index contributed by atoms with van der Waals surface area (Å²) in [7, 11) is -4.97. The molecule has 0 saturated carbocycles. The zero-order chi connectivity index (χ0) is 45.9. The number of hydrogen-bond donors (Lipinski definition) is 5. The number of hydrogen-bond acceptors (Lipinski definition) is 13. The molecule has 0 fully saturated rings. The molecule has 0 aromatic rings. The summed E-state index contributed by atoms with van der Waals surface area (Å²) in [5.41, 5.74) is 11.3. The van der Waals surface area contributed by atoms with Crippen molar-refractivity contribution < 1.29 is 52.8 Å². The fourth-order valence-electron chi connectivity index (χ4n) is 6.83. The van der Waals surface area contributed by atoms with E-state index in [1.165, 1.54) is 77.0 Å². The Labute approximate surface area is 376 Å². The molecule has 0 amide bonds. The van der Waals surface area contributed by atoms with Crippen LogP contribution in [0.15, 0.2) is 24.3 Å². The first kappa shape index (κ1) is 59.8. The highest BCUT2D eigenvalue weighted by atomic mass is 31.2. The molecule has 7 N–H and O–H groups in total. The van der Waals surface area contributed by atoms with Gasteiger partial charge in [0.25, 0.3) is 0 Å². The molecule has 14 heteroatoms. The van der Waals surface area contributed by atoms with Crippen LogP contribution in [-0.2, 0) is 38.1 Å². The first-order valence-electron chi connectivity index (χ1n) is 24.4. The van der Waals surface area contributed by atoms with E-state index < -0.39 is 69.4 Å². The Morgan fingerprint density at radius 2 is 0.984 bits per heavy atom. The van der Waals surface area contributed by atoms with E-state index in [0.717, 1.165) is 77.0 Å². The summed E-state index contributed by atoms with van der Waals surface area (Å²) >= 11 is 0. The predicted octanol–water partition coefficient (Wildman–Crippen LogP) is 10.2. The molecule has 0 bridgehead atoms. The van der Waals surface area contributed by atoms with Crippen molar-refractivity contribution in [3.8, 4) is 0 Å². The van der Waals surface area contributed by atoms with E-state index in [1.807, 2.05) is 0 Å².